The standard InChI is InChI=1S/C12H17NO3S/c1-12(2,3)11(14)8-9-4-6-10(7-5-9)17(13,15)16/h4-7H,8H2,1-3H3,(H2,13,15,16). The highest BCUT2D eigenvalue weighted by molar-refractivity contribution is 7.89. The van der Waals surface area contributed by atoms with E-state index >= 15 is 0 Å². The first-order valence-electron chi connectivity index (χ1n) is 5.26. The molecule has 0 amide bonds. The molecule has 94 valence electrons. The minimum Gasteiger partial charge on any atom is -0.299 e. The van der Waals surface area contributed by atoms with Crippen molar-refractivity contribution in [2.75, 3.05) is 0 Å². The lowest BCUT2D eigenvalue weighted by molar-refractivity contribution is -0.125. The van der Waals surface area contributed by atoms with Crippen LogP contribution in [0.4, 0.5) is 0 Å². The van der Waals surface area contributed by atoms with E-state index in [2.05, 4.69) is 0 Å². The minimum atomic E-state index is -3.66. The van der Waals surface area contributed by atoms with Crippen LogP contribution in [0.25, 0.3) is 0 Å². The van der Waals surface area contributed by atoms with Crippen molar-refractivity contribution in [2.24, 2.45) is 10.6 Å². The van der Waals surface area contributed by atoms with E-state index in [9.17, 15) is 13.2 Å². The number of sulfonamides is 1. The molecule has 0 aliphatic heterocycles. The fraction of sp³-hybridized carbons (Fsp3) is 0.417. The largest absolute Gasteiger partial charge is 0.299 e. The highest BCUT2D eigenvalue weighted by Crippen LogP contribution is 2.18. The highest BCUT2D eigenvalue weighted by Gasteiger charge is 2.21. The van der Waals surface area contributed by atoms with Crippen LogP contribution in [0.3, 0.4) is 0 Å². The van der Waals surface area contributed by atoms with E-state index in [1.54, 1.807) is 12.1 Å². The van der Waals surface area contributed by atoms with Crippen molar-refractivity contribution in [1.29, 1.82) is 0 Å². The van der Waals surface area contributed by atoms with Crippen LogP contribution in [0.5, 0.6) is 0 Å². The lowest BCUT2D eigenvalue weighted by Crippen LogP contribution is -2.22. The summed E-state index contributed by atoms with van der Waals surface area (Å²) in [6.07, 6.45) is 0.300. The van der Waals surface area contributed by atoms with Crippen molar-refractivity contribution in [1.82, 2.24) is 0 Å². The van der Waals surface area contributed by atoms with E-state index in [-0.39, 0.29) is 10.7 Å². The molecule has 0 saturated heterocycles. The third-order valence-corrected chi connectivity index (χ3v) is 3.38. The summed E-state index contributed by atoms with van der Waals surface area (Å²) in [5, 5.41) is 4.98. The summed E-state index contributed by atoms with van der Waals surface area (Å²) in [6.45, 7) is 5.57. The zero-order chi connectivity index (χ0) is 13.3. The molecule has 0 bridgehead atoms. The Bertz CT molecular complexity index is 510. The summed E-state index contributed by atoms with van der Waals surface area (Å²) in [5.41, 5.74) is 0.399. The van der Waals surface area contributed by atoms with Gasteiger partial charge in [-0.2, -0.15) is 0 Å². The number of Topliss-reactive ketones (excluding diaryl/α,β-unsaturated/α-hetero) is 1. The van der Waals surface area contributed by atoms with Gasteiger partial charge in [-0.25, -0.2) is 13.6 Å². The minimum absolute atomic E-state index is 0.0597. The molecule has 0 aliphatic carbocycles. The molecule has 2 N–H and O–H groups in total. The molecule has 0 unspecified atom stereocenters. The van der Waals surface area contributed by atoms with Gasteiger partial charge in [0.25, 0.3) is 0 Å². The molecule has 1 rings (SSSR count). The summed E-state index contributed by atoms with van der Waals surface area (Å²) >= 11 is 0. The van der Waals surface area contributed by atoms with Crippen LogP contribution in [0.1, 0.15) is 26.3 Å². The van der Waals surface area contributed by atoms with Crippen molar-refractivity contribution >= 4 is 15.8 Å². The van der Waals surface area contributed by atoms with Gasteiger partial charge in [-0.1, -0.05) is 32.9 Å². The average Bonchev–Trinajstić information content (AvgIpc) is 2.15. The van der Waals surface area contributed by atoms with Crippen LogP contribution in [0, 0.1) is 5.41 Å². The molecule has 1 aromatic rings. The normalized spacial score (nSPS) is 12.5. The zero-order valence-corrected chi connectivity index (χ0v) is 11.0. The molecule has 0 atom stereocenters. The van der Waals surface area contributed by atoms with Crippen LogP contribution in [0.2, 0.25) is 0 Å². The number of benzene rings is 1. The summed E-state index contributed by atoms with van der Waals surface area (Å²) in [5.74, 6) is 0.112. The number of primary sulfonamides is 1. The molecule has 5 heteroatoms. The molecule has 0 aromatic heterocycles. The van der Waals surface area contributed by atoms with Crippen molar-refractivity contribution in [3.63, 3.8) is 0 Å². The number of ketones is 1. The number of nitrogens with two attached hydrogens (primary N) is 1. The highest BCUT2D eigenvalue weighted by atomic mass is 32.2. The zero-order valence-electron chi connectivity index (χ0n) is 10.2. The van der Waals surface area contributed by atoms with Gasteiger partial charge in [0.05, 0.1) is 4.90 Å². The topological polar surface area (TPSA) is 77.2 Å². The number of carbonyl (C=O) groups excluding carboxylic acids is 1. The second-order valence-corrected chi connectivity index (χ2v) is 6.60. The molecule has 0 fully saturated rings. The van der Waals surface area contributed by atoms with Crippen molar-refractivity contribution in [3.8, 4) is 0 Å². The molecule has 0 aliphatic rings. The number of hydrogen-bond donors (Lipinski definition) is 1. The fourth-order valence-electron chi connectivity index (χ4n) is 1.25. The van der Waals surface area contributed by atoms with E-state index in [0.29, 0.717) is 6.42 Å². The maximum Gasteiger partial charge on any atom is 0.238 e. The fourth-order valence-corrected chi connectivity index (χ4v) is 1.76. The SMILES string of the molecule is CC(C)(C)C(=O)Cc1ccc(S(N)(=O)=O)cc1. The number of hydrogen-bond acceptors (Lipinski definition) is 3. The molecule has 4 nitrogen and oxygen atoms in total. The average molecular weight is 255 g/mol. The summed E-state index contributed by atoms with van der Waals surface area (Å²) in [4.78, 5) is 11.8. The van der Waals surface area contributed by atoms with Crippen LogP contribution >= 0.6 is 0 Å². The van der Waals surface area contributed by atoms with Crippen LogP contribution in [-0.2, 0) is 21.2 Å². The van der Waals surface area contributed by atoms with Gasteiger partial charge in [0.2, 0.25) is 10.0 Å². The van der Waals surface area contributed by atoms with Crippen LogP contribution in [0.15, 0.2) is 29.2 Å². The quantitative estimate of drug-likeness (QED) is 0.889. The second kappa shape index (κ2) is 4.58. The van der Waals surface area contributed by atoms with Gasteiger partial charge < -0.3 is 0 Å². The second-order valence-electron chi connectivity index (χ2n) is 5.04. The van der Waals surface area contributed by atoms with Gasteiger partial charge in [-0.3, -0.25) is 4.79 Å². The Hall–Kier alpha value is -1.20. The van der Waals surface area contributed by atoms with E-state index in [4.69, 9.17) is 5.14 Å². The molecular weight excluding hydrogens is 238 g/mol. The maximum atomic E-state index is 11.8. The predicted molar refractivity (Wildman–Crippen MR) is 66.0 cm³/mol. The van der Waals surface area contributed by atoms with Crippen LogP contribution < -0.4 is 5.14 Å². The Morgan fingerprint density at radius 3 is 2.00 bits per heavy atom. The number of carbonyl (C=O) groups is 1. The Labute approximate surface area is 102 Å². The molecule has 1 aromatic carbocycles. The Kier molecular flexibility index (Phi) is 3.74. The number of rotatable bonds is 3. The summed E-state index contributed by atoms with van der Waals surface area (Å²) in [6, 6.07) is 6.06. The summed E-state index contributed by atoms with van der Waals surface area (Å²) in [7, 11) is -3.66. The third-order valence-electron chi connectivity index (χ3n) is 2.45. The van der Waals surface area contributed by atoms with Crippen molar-refractivity contribution in [3.05, 3.63) is 29.8 Å². The molecule has 17 heavy (non-hydrogen) atoms. The Morgan fingerprint density at radius 1 is 1.18 bits per heavy atom. The van der Waals surface area contributed by atoms with E-state index in [0.717, 1.165) is 5.56 Å². The van der Waals surface area contributed by atoms with Gasteiger partial charge in [-0.15, -0.1) is 0 Å². The van der Waals surface area contributed by atoms with E-state index in [1.165, 1.54) is 12.1 Å². The lowest BCUT2D eigenvalue weighted by Gasteiger charge is -2.16. The van der Waals surface area contributed by atoms with Crippen LogP contribution in [-0.4, -0.2) is 14.2 Å². The van der Waals surface area contributed by atoms with Crippen molar-refractivity contribution in [2.45, 2.75) is 32.1 Å². The molecule has 0 spiro atoms. The smallest absolute Gasteiger partial charge is 0.238 e. The maximum absolute atomic E-state index is 11.8. The molecular formula is C12H17NO3S. The van der Waals surface area contributed by atoms with E-state index in [1.807, 2.05) is 20.8 Å². The van der Waals surface area contributed by atoms with Gasteiger partial charge in [0.1, 0.15) is 5.78 Å². The summed E-state index contributed by atoms with van der Waals surface area (Å²) < 4.78 is 22.1. The first kappa shape index (κ1) is 13.9. The third kappa shape index (κ3) is 3.94. The lowest BCUT2D eigenvalue weighted by atomic mass is 9.87. The monoisotopic (exact) mass is 255 g/mol. The van der Waals surface area contributed by atoms with E-state index < -0.39 is 15.4 Å². The molecule has 0 heterocycles. The van der Waals surface area contributed by atoms with Crippen molar-refractivity contribution < 1.29 is 13.2 Å². The Balaban J connectivity index is 2.87. The van der Waals surface area contributed by atoms with Gasteiger partial charge in [-0.05, 0) is 17.7 Å². The molecule has 0 radical (unpaired) electrons. The first-order chi connectivity index (χ1) is 7.60. The van der Waals surface area contributed by atoms with Gasteiger partial charge in [0.15, 0.2) is 0 Å². The van der Waals surface area contributed by atoms with Gasteiger partial charge >= 0.3 is 0 Å². The molecule has 0 saturated carbocycles. The predicted octanol–water partition coefficient (Wildman–Crippen LogP) is 1.49. The van der Waals surface area contributed by atoms with Gasteiger partial charge in [0, 0.05) is 11.8 Å². The Morgan fingerprint density at radius 2 is 1.65 bits per heavy atom. The first-order valence-corrected chi connectivity index (χ1v) is 6.80.